The maximum Gasteiger partial charge on any atom is 0.228 e. The fourth-order valence-corrected chi connectivity index (χ4v) is 4.18. The van der Waals surface area contributed by atoms with Crippen molar-refractivity contribution in [3.63, 3.8) is 0 Å². The van der Waals surface area contributed by atoms with Gasteiger partial charge in [0.2, 0.25) is 5.91 Å². The number of benzene rings is 1. The highest BCUT2D eigenvalue weighted by Gasteiger charge is 2.30. The number of amides is 1. The number of carbonyl (C=O) groups is 1. The Balaban J connectivity index is 1.30. The van der Waals surface area contributed by atoms with E-state index >= 15 is 0 Å². The van der Waals surface area contributed by atoms with Crippen LogP contribution in [0.4, 0.5) is 5.82 Å². The van der Waals surface area contributed by atoms with Crippen molar-refractivity contribution in [3.05, 3.63) is 72.4 Å². The van der Waals surface area contributed by atoms with E-state index < -0.39 is 0 Å². The van der Waals surface area contributed by atoms with Crippen LogP contribution in [0, 0.1) is 5.92 Å². The van der Waals surface area contributed by atoms with E-state index in [1.807, 2.05) is 59.9 Å². The second-order valence-electron chi connectivity index (χ2n) is 8.83. The quantitative estimate of drug-likeness (QED) is 0.382. The second kappa shape index (κ2) is 8.50. The Morgan fingerprint density at radius 1 is 1.03 bits per heavy atom. The van der Waals surface area contributed by atoms with Crippen LogP contribution < -0.4 is 10.1 Å². The zero-order chi connectivity index (χ0) is 23.9. The summed E-state index contributed by atoms with van der Waals surface area (Å²) in [7, 11) is 0. The third-order valence-corrected chi connectivity index (χ3v) is 6.30. The van der Waals surface area contributed by atoms with Crippen molar-refractivity contribution in [2.75, 3.05) is 11.9 Å². The van der Waals surface area contributed by atoms with E-state index in [1.165, 1.54) is 0 Å². The fourth-order valence-electron chi connectivity index (χ4n) is 4.18. The molecule has 9 heteroatoms. The Kier molecular flexibility index (Phi) is 5.17. The van der Waals surface area contributed by atoms with Gasteiger partial charge in [0, 0.05) is 12.1 Å². The van der Waals surface area contributed by atoms with Crippen molar-refractivity contribution in [2.45, 2.75) is 32.6 Å². The van der Waals surface area contributed by atoms with Gasteiger partial charge < -0.3 is 10.1 Å². The van der Waals surface area contributed by atoms with E-state index in [0.717, 1.165) is 46.9 Å². The van der Waals surface area contributed by atoms with Crippen LogP contribution >= 0.6 is 0 Å². The fraction of sp³-hybridized carbons (Fsp3) is 0.269. The molecule has 1 amide bonds. The van der Waals surface area contributed by atoms with Crippen molar-refractivity contribution in [1.29, 1.82) is 0 Å². The molecule has 0 saturated heterocycles. The molecule has 4 aromatic heterocycles. The SMILES string of the molecule is CCOc1ccc(-c2ccc3nnc(C(C)c4ccc5nc(NC(=O)C6CC6)cn5n4)n3c2)cc1. The number of ether oxygens (including phenoxy) is 1. The van der Waals surface area contributed by atoms with Gasteiger partial charge in [0.05, 0.1) is 24.4 Å². The molecular weight excluding hydrogens is 442 g/mol. The lowest BCUT2D eigenvalue weighted by molar-refractivity contribution is -0.117. The number of hydrogen-bond donors (Lipinski definition) is 1. The molecule has 1 aromatic carbocycles. The molecular formula is C26H25N7O2. The van der Waals surface area contributed by atoms with Crippen LogP contribution in [0.2, 0.25) is 0 Å². The van der Waals surface area contributed by atoms with Crippen LogP contribution in [0.1, 0.15) is 44.1 Å². The van der Waals surface area contributed by atoms with E-state index in [4.69, 9.17) is 9.84 Å². The highest BCUT2D eigenvalue weighted by molar-refractivity contribution is 5.93. The first-order valence-electron chi connectivity index (χ1n) is 11.8. The molecule has 1 atom stereocenters. The van der Waals surface area contributed by atoms with Crippen LogP contribution in [0.15, 0.2) is 60.9 Å². The highest BCUT2D eigenvalue weighted by Crippen LogP contribution is 2.30. The molecule has 1 aliphatic carbocycles. The Labute approximate surface area is 201 Å². The number of pyridine rings is 1. The summed E-state index contributed by atoms with van der Waals surface area (Å²) in [6, 6.07) is 15.9. The second-order valence-corrected chi connectivity index (χ2v) is 8.83. The first kappa shape index (κ1) is 21.3. The molecule has 35 heavy (non-hydrogen) atoms. The summed E-state index contributed by atoms with van der Waals surface area (Å²) in [5.41, 5.74) is 4.42. The molecule has 1 N–H and O–H groups in total. The van der Waals surface area contributed by atoms with E-state index in [2.05, 4.69) is 33.6 Å². The maximum atomic E-state index is 12.1. The van der Waals surface area contributed by atoms with Gasteiger partial charge in [-0.15, -0.1) is 10.2 Å². The monoisotopic (exact) mass is 467 g/mol. The molecule has 1 unspecified atom stereocenters. The minimum Gasteiger partial charge on any atom is -0.494 e. The Hall–Kier alpha value is -4.27. The van der Waals surface area contributed by atoms with Gasteiger partial charge in [-0.05, 0) is 74.2 Å². The van der Waals surface area contributed by atoms with Crippen LogP contribution in [0.5, 0.6) is 5.75 Å². The minimum atomic E-state index is -0.114. The first-order chi connectivity index (χ1) is 17.1. The third-order valence-electron chi connectivity index (χ3n) is 6.30. The van der Waals surface area contributed by atoms with Crippen LogP contribution in [0.25, 0.3) is 22.4 Å². The lowest BCUT2D eigenvalue weighted by Gasteiger charge is -2.11. The molecule has 4 heterocycles. The summed E-state index contributed by atoms with van der Waals surface area (Å²) in [6.07, 6.45) is 5.70. The van der Waals surface area contributed by atoms with Crippen LogP contribution in [-0.4, -0.2) is 41.7 Å². The van der Waals surface area contributed by atoms with Crippen LogP contribution in [-0.2, 0) is 4.79 Å². The molecule has 5 aromatic rings. The summed E-state index contributed by atoms with van der Waals surface area (Å²) < 4.78 is 9.27. The van der Waals surface area contributed by atoms with Crippen molar-refractivity contribution in [1.82, 2.24) is 29.2 Å². The van der Waals surface area contributed by atoms with Crippen molar-refractivity contribution < 1.29 is 9.53 Å². The molecule has 1 aliphatic rings. The summed E-state index contributed by atoms with van der Waals surface area (Å²) >= 11 is 0. The van der Waals surface area contributed by atoms with Gasteiger partial charge in [0.15, 0.2) is 17.1 Å². The van der Waals surface area contributed by atoms with Crippen molar-refractivity contribution in [2.24, 2.45) is 5.92 Å². The summed E-state index contributed by atoms with van der Waals surface area (Å²) in [4.78, 5) is 16.5. The molecule has 1 fully saturated rings. The van der Waals surface area contributed by atoms with Crippen LogP contribution in [0.3, 0.4) is 0 Å². The van der Waals surface area contributed by atoms with Gasteiger partial charge >= 0.3 is 0 Å². The zero-order valence-electron chi connectivity index (χ0n) is 19.5. The van der Waals surface area contributed by atoms with Crippen molar-refractivity contribution >= 4 is 23.0 Å². The predicted octanol–water partition coefficient (Wildman–Crippen LogP) is 4.34. The maximum absolute atomic E-state index is 12.1. The Morgan fingerprint density at radius 2 is 1.80 bits per heavy atom. The number of anilines is 1. The number of rotatable bonds is 7. The summed E-state index contributed by atoms with van der Waals surface area (Å²) in [6.45, 7) is 4.67. The molecule has 0 aliphatic heterocycles. The summed E-state index contributed by atoms with van der Waals surface area (Å²) in [5.74, 6) is 2.20. The van der Waals surface area contributed by atoms with Crippen molar-refractivity contribution in [3.8, 4) is 16.9 Å². The lowest BCUT2D eigenvalue weighted by atomic mass is 10.1. The molecule has 0 bridgehead atoms. The van der Waals surface area contributed by atoms with E-state index in [9.17, 15) is 4.79 Å². The predicted molar refractivity (Wildman–Crippen MR) is 131 cm³/mol. The van der Waals surface area contributed by atoms with E-state index in [-0.39, 0.29) is 17.7 Å². The Bertz CT molecular complexity index is 1530. The van der Waals surface area contributed by atoms with Gasteiger partial charge in [-0.2, -0.15) is 5.10 Å². The van der Waals surface area contributed by atoms with E-state index in [1.54, 1.807) is 10.7 Å². The lowest BCUT2D eigenvalue weighted by Crippen LogP contribution is -2.13. The van der Waals surface area contributed by atoms with Gasteiger partial charge in [-0.1, -0.05) is 12.1 Å². The molecule has 1 saturated carbocycles. The van der Waals surface area contributed by atoms with Gasteiger partial charge in [-0.25, -0.2) is 9.50 Å². The largest absolute Gasteiger partial charge is 0.494 e. The van der Waals surface area contributed by atoms with Gasteiger partial charge in [0.1, 0.15) is 11.6 Å². The molecule has 6 rings (SSSR count). The number of fused-ring (bicyclic) bond motifs is 2. The zero-order valence-corrected chi connectivity index (χ0v) is 19.5. The first-order valence-corrected chi connectivity index (χ1v) is 11.8. The standard InChI is InChI=1S/C26H25N7O2/c1-3-35-20-9-6-17(7-10-20)19-8-12-24-29-30-25(32(24)14-19)16(2)21-11-13-23-27-22(15-33(23)31-21)28-26(34)18-4-5-18/h6-16,18H,3-5H2,1-2H3,(H,28,34). The number of aromatic nitrogens is 6. The molecule has 0 radical (unpaired) electrons. The number of nitrogens with one attached hydrogen (secondary N) is 1. The molecule has 176 valence electrons. The third kappa shape index (κ3) is 4.09. The van der Waals surface area contributed by atoms with Gasteiger partial charge in [0.25, 0.3) is 0 Å². The molecule has 0 spiro atoms. The normalized spacial score (nSPS) is 14.3. The number of hydrogen-bond acceptors (Lipinski definition) is 6. The van der Waals surface area contributed by atoms with E-state index in [0.29, 0.717) is 18.1 Å². The van der Waals surface area contributed by atoms with Gasteiger partial charge in [-0.3, -0.25) is 9.20 Å². The average molecular weight is 468 g/mol. The number of carbonyl (C=O) groups excluding carboxylic acids is 1. The number of imidazole rings is 1. The highest BCUT2D eigenvalue weighted by atomic mass is 16.5. The smallest absolute Gasteiger partial charge is 0.228 e. The molecule has 9 nitrogen and oxygen atoms in total. The summed E-state index contributed by atoms with van der Waals surface area (Å²) in [5, 5.41) is 16.4. The Morgan fingerprint density at radius 3 is 2.57 bits per heavy atom. The average Bonchev–Trinajstić information content (AvgIpc) is 3.53. The minimum absolute atomic E-state index is 0.0280. The topological polar surface area (TPSA) is 98.7 Å². The number of nitrogens with zero attached hydrogens (tertiary/aromatic N) is 6.